The summed E-state index contributed by atoms with van der Waals surface area (Å²) in [5.41, 5.74) is 4.20. The minimum atomic E-state index is 0.627. The fourth-order valence-electron chi connectivity index (χ4n) is 2.58. The molecule has 0 unspecified atom stereocenters. The van der Waals surface area contributed by atoms with E-state index in [0.717, 1.165) is 13.0 Å². The Bertz CT molecular complexity index is 518. The zero-order valence-electron chi connectivity index (χ0n) is 9.66. The van der Waals surface area contributed by atoms with Crippen LogP contribution < -0.4 is 0 Å². The fourth-order valence-corrected chi connectivity index (χ4v) is 3.27. The standard InChI is InChI=1S/C13H16N2S/c1-9-7-11-10-5-3-4-6-12(10)14-13(11)8-15(9)16-2/h3-6,9,14H,7-8H2,1-2H3/t9-/m1/s1. The van der Waals surface area contributed by atoms with E-state index in [0.29, 0.717) is 6.04 Å². The molecule has 1 atom stereocenters. The van der Waals surface area contributed by atoms with Crippen LogP contribution >= 0.6 is 11.9 Å². The number of hydrogen-bond donors (Lipinski definition) is 1. The maximum absolute atomic E-state index is 3.55. The molecule has 1 aliphatic heterocycles. The third kappa shape index (κ3) is 1.46. The number of para-hydroxylation sites is 1. The van der Waals surface area contributed by atoms with E-state index in [2.05, 4.69) is 46.7 Å². The van der Waals surface area contributed by atoms with Crippen molar-refractivity contribution in [3.05, 3.63) is 35.5 Å². The molecule has 16 heavy (non-hydrogen) atoms. The van der Waals surface area contributed by atoms with Gasteiger partial charge in [-0.2, -0.15) is 0 Å². The first-order valence-corrected chi connectivity index (χ1v) is 6.87. The molecule has 1 aliphatic rings. The lowest BCUT2D eigenvalue weighted by Crippen LogP contribution is -2.32. The quantitative estimate of drug-likeness (QED) is 0.761. The second kappa shape index (κ2) is 3.82. The summed E-state index contributed by atoms with van der Waals surface area (Å²) in [5.74, 6) is 0. The minimum Gasteiger partial charge on any atom is -0.357 e. The number of H-pyrrole nitrogens is 1. The number of hydrogen-bond acceptors (Lipinski definition) is 2. The van der Waals surface area contributed by atoms with Gasteiger partial charge < -0.3 is 4.98 Å². The highest BCUT2D eigenvalue weighted by Gasteiger charge is 2.25. The second-order valence-electron chi connectivity index (χ2n) is 4.44. The third-order valence-corrected chi connectivity index (χ3v) is 4.40. The summed E-state index contributed by atoms with van der Waals surface area (Å²) in [5, 5.41) is 1.41. The molecule has 3 rings (SSSR count). The first-order chi connectivity index (χ1) is 7.79. The van der Waals surface area contributed by atoms with Crippen molar-refractivity contribution >= 4 is 22.9 Å². The molecule has 0 spiro atoms. The summed E-state index contributed by atoms with van der Waals surface area (Å²) < 4.78 is 2.44. The van der Waals surface area contributed by atoms with Gasteiger partial charge in [-0.05, 0) is 31.2 Å². The largest absolute Gasteiger partial charge is 0.357 e. The van der Waals surface area contributed by atoms with E-state index in [4.69, 9.17) is 0 Å². The Hall–Kier alpha value is -0.930. The Morgan fingerprint density at radius 2 is 2.19 bits per heavy atom. The van der Waals surface area contributed by atoms with Gasteiger partial charge in [0, 0.05) is 29.2 Å². The first-order valence-electron chi connectivity index (χ1n) is 5.69. The molecule has 2 heterocycles. The van der Waals surface area contributed by atoms with Gasteiger partial charge in [0.2, 0.25) is 0 Å². The van der Waals surface area contributed by atoms with Gasteiger partial charge in [-0.3, -0.25) is 0 Å². The molecule has 0 saturated heterocycles. The molecule has 2 aromatic rings. The van der Waals surface area contributed by atoms with Crippen molar-refractivity contribution < 1.29 is 0 Å². The van der Waals surface area contributed by atoms with Crippen molar-refractivity contribution in [1.82, 2.24) is 9.29 Å². The molecular formula is C13H16N2S. The number of benzene rings is 1. The predicted octanol–water partition coefficient (Wildman–Crippen LogP) is 3.19. The zero-order valence-corrected chi connectivity index (χ0v) is 10.5. The molecule has 1 aromatic carbocycles. The van der Waals surface area contributed by atoms with Crippen LogP contribution in [0.25, 0.3) is 10.9 Å². The summed E-state index contributed by atoms with van der Waals surface area (Å²) in [6.07, 6.45) is 3.31. The van der Waals surface area contributed by atoms with Crippen LogP contribution in [0.1, 0.15) is 18.2 Å². The van der Waals surface area contributed by atoms with E-state index in [9.17, 15) is 0 Å². The van der Waals surface area contributed by atoms with Crippen LogP contribution in [0.2, 0.25) is 0 Å². The lowest BCUT2D eigenvalue weighted by Gasteiger charge is -2.31. The number of rotatable bonds is 1. The molecule has 1 N–H and O–H groups in total. The molecule has 1 aromatic heterocycles. The topological polar surface area (TPSA) is 19.0 Å². The SMILES string of the molecule is CSN1Cc2[nH]c3ccccc3c2C[C@H]1C. The molecule has 0 radical (unpaired) electrons. The van der Waals surface area contributed by atoms with Crippen molar-refractivity contribution in [3.8, 4) is 0 Å². The van der Waals surface area contributed by atoms with E-state index in [1.54, 1.807) is 0 Å². The second-order valence-corrected chi connectivity index (χ2v) is 5.27. The Labute approximate surface area is 100 Å². The van der Waals surface area contributed by atoms with E-state index in [1.165, 1.54) is 22.2 Å². The highest BCUT2D eigenvalue weighted by atomic mass is 32.2. The minimum absolute atomic E-state index is 0.627. The normalized spacial score (nSPS) is 21.2. The Morgan fingerprint density at radius 1 is 1.38 bits per heavy atom. The average Bonchev–Trinajstić information content (AvgIpc) is 2.66. The van der Waals surface area contributed by atoms with Crippen molar-refractivity contribution in [3.63, 3.8) is 0 Å². The van der Waals surface area contributed by atoms with Crippen molar-refractivity contribution in [2.75, 3.05) is 6.26 Å². The van der Waals surface area contributed by atoms with Gasteiger partial charge in [-0.1, -0.05) is 30.1 Å². The summed E-state index contributed by atoms with van der Waals surface area (Å²) >= 11 is 1.84. The molecule has 0 amide bonds. The zero-order chi connectivity index (χ0) is 11.1. The van der Waals surface area contributed by atoms with Crippen LogP contribution in [-0.2, 0) is 13.0 Å². The third-order valence-electron chi connectivity index (χ3n) is 3.44. The predicted molar refractivity (Wildman–Crippen MR) is 70.5 cm³/mol. The first kappa shape index (κ1) is 10.2. The van der Waals surface area contributed by atoms with Gasteiger partial charge in [-0.15, -0.1) is 0 Å². The smallest absolute Gasteiger partial charge is 0.0498 e. The van der Waals surface area contributed by atoms with Crippen LogP contribution in [0.3, 0.4) is 0 Å². The highest BCUT2D eigenvalue weighted by molar-refractivity contribution is 7.96. The van der Waals surface area contributed by atoms with Crippen LogP contribution in [-0.4, -0.2) is 21.6 Å². The molecule has 0 fully saturated rings. The van der Waals surface area contributed by atoms with Crippen molar-refractivity contribution in [1.29, 1.82) is 0 Å². The van der Waals surface area contributed by atoms with Crippen molar-refractivity contribution in [2.45, 2.75) is 25.9 Å². The van der Waals surface area contributed by atoms with Gasteiger partial charge in [-0.25, -0.2) is 4.31 Å². The van der Waals surface area contributed by atoms with E-state index in [1.807, 2.05) is 11.9 Å². The monoisotopic (exact) mass is 232 g/mol. The number of aromatic nitrogens is 1. The molecule has 0 aliphatic carbocycles. The summed E-state index contributed by atoms with van der Waals surface area (Å²) in [6, 6.07) is 9.25. The van der Waals surface area contributed by atoms with Crippen molar-refractivity contribution in [2.24, 2.45) is 0 Å². The molecule has 84 valence electrons. The van der Waals surface area contributed by atoms with Gasteiger partial charge in [0.25, 0.3) is 0 Å². The number of aromatic amines is 1. The Balaban J connectivity index is 2.12. The van der Waals surface area contributed by atoms with E-state index >= 15 is 0 Å². The highest BCUT2D eigenvalue weighted by Crippen LogP contribution is 2.32. The average molecular weight is 232 g/mol. The summed E-state index contributed by atoms with van der Waals surface area (Å²) in [4.78, 5) is 3.55. The Kier molecular flexibility index (Phi) is 2.45. The van der Waals surface area contributed by atoms with E-state index in [-0.39, 0.29) is 0 Å². The summed E-state index contributed by atoms with van der Waals surface area (Å²) in [6.45, 7) is 3.34. The Morgan fingerprint density at radius 3 is 3.00 bits per heavy atom. The summed E-state index contributed by atoms with van der Waals surface area (Å²) in [7, 11) is 0. The molecule has 2 nitrogen and oxygen atoms in total. The van der Waals surface area contributed by atoms with Gasteiger partial charge in [0.05, 0.1) is 0 Å². The molecule has 3 heteroatoms. The molecular weight excluding hydrogens is 216 g/mol. The number of nitrogens with one attached hydrogen (secondary N) is 1. The fraction of sp³-hybridized carbons (Fsp3) is 0.385. The van der Waals surface area contributed by atoms with Crippen LogP contribution in [0.5, 0.6) is 0 Å². The van der Waals surface area contributed by atoms with Gasteiger partial charge in [0.15, 0.2) is 0 Å². The van der Waals surface area contributed by atoms with Gasteiger partial charge >= 0.3 is 0 Å². The lowest BCUT2D eigenvalue weighted by molar-refractivity contribution is 0.341. The molecule has 0 bridgehead atoms. The van der Waals surface area contributed by atoms with Gasteiger partial charge in [0.1, 0.15) is 0 Å². The maximum atomic E-state index is 3.55. The molecule has 0 saturated carbocycles. The number of fused-ring (bicyclic) bond motifs is 3. The lowest BCUT2D eigenvalue weighted by atomic mass is 10.00. The van der Waals surface area contributed by atoms with Crippen LogP contribution in [0.4, 0.5) is 0 Å². The maximum Gasteiger partial charge on any atom is 0.0498 e. The van der Waals surface area contributed by atoms with Crippen LogP contribution in [0, 0.1) is 0 Å². The van der Waals surface area contributed by atoms with Crippen LogP contribution in [0.15, 0.2) is 24.3 Å². The number of nitrogens with zero attached hydrogens (tertiary/aromatic N) is 1. The van der Waals surface area contributed by atoms with E-state index < -0.39 is 0 Å².